The van der Waals surface area contributed by atoms with E-state index in [2.05, 4.69) is 17.2 Å². The van der Waals surface area contributed by atoms with Crippen LogP contribution in [0.2, 0.25) is 0 Å². The Kier molecular flexibility index (Phi) is 10.5. The largest absolute Gasteiger partial charge is 0.409 e. The third-order valence-corrected chi connectivity index (χ3v) is 4.50. The molecule has 0 amide bonds. The van der Waals surface area contributed by atoms with Gasteiger partial charge in [-0.2, -0.15) is 6.92 Å². The number of rotatable bonds is 12. The van der Waals surface area contributed by atoms with E-state index < -0.39 is 5.78 Å². The predicted molar refractivity (Wildman–Crippen MR) is 108 cm³/mol. The first-order valence-electron chi connectivity index (χ1n) is 9.46. The molecule has 159 valence electrons. The third kappa shape index (κ3) is 7.74. The number of aromatic nitrogens is 3. The van der Waals surface area contributed by atoms with Crippen LogP contribution in [-0.2, 0) is 69.2 Å². The minimum atomic E-state index is -0.401. The summed E-state index contributed by atoms with van der Waals surface area (Å²) in [6, 6.07) is 1.72. The average molecular weight is 488 g/mol. The van der Waals surface area contributed by atoms with Crippen LogP contribution >= 0.6 is 0 Å². The molecule has 9 heteroatoms. The zero-order chi connectivity index (χ0) is 21.6. The van der Waals surface area contributed by atoms with Crippen LogP contribution in [0.5, 0.6) is 0 Å². The fraction of sp³-hybridized carbons (Fsp3) is 0.429. The smallest absolute Gasteiger partial charge is 0.185 e. The Morgan fingerprint density at radius 2 is 1.70 bits per heavy atom. The van der Waals surface area contributed by atoms with Gasteiger partial charge in [0.15, 0.2) is 5.78 Å². The number of ketones is 4. The quantitative estimate of drug-likeness (QED) is 0.274. The number of nitrogens with zero attached hydrogens (tertiary/aromatic N) is 3. The van der Waals surface area contributed by atoms with Gasteiger partial charge in [0.05, 0.1) is 17.9 Å². The molecular formula is C21H27N4O4Y-. The number of hydrogen-bond acceptors (Lipinski definition) is 6. The van der Waals surface area contributed by atoms with Gasteiger partial charge < -0.3 is 24.2 Å². The molecule has 1 N–H and O–H groups in total. The average Bonchev–Trinajstić information content (AvgIpc) is 3.16. The summed E-state index contributed by atoms with van der Waals surface area (Å²) in [7, 11) is 3.44. The van der Waals surface area contributed by atoms with Gasteiger partial charge >= 0.3 is 0 Å². The number of nitrogens with one attached hydrogen (secondary N) is 1. The minimum Gasteiger partial charge on any atom is -0.409 e. The molecule has 0 bridgehead atoms. The molecule has 0 aromatic carbocycles. The maximum Gasteiger partial charge on any atom is 0.185 e. The first kappa shape index (κ1) is 26.1. The second-order valence-electron chi connectivity index (χ2n) is 7.20. The van der Waals surface area contributed by atoms with Crippen molar-refractivity contribution >= 4 is 23.1 Å². The fourth-order valence-corrected chi connectivity index (χ4v) is 3.07. The number of hydrogen-bond donors (Lipinski definition) is 1. The summed E-state index contributed by atoms with van der Waals surface area (Å²) in [5.74, 6) is -0.152. The second-order valence-corrected chi connectivity index (χ2v) is 7.20. The molecule has 2 rings (SSSR count). The van der Waals surface area contributed by atoms with E-state index in [0.29, 0.717) is 37.3 Å². The maximum atomic E-state index is 12.6. The molecule has 2 aromatic heterocycles. The molecular weight excluding hydrogens is 461 g/mol. The summed E-state index contributed by atoms with van der Waals surface area (Å²) in [6.07, 6.45) is 4.55. The zero-order valence-electron chi connectivity index (χ0n) is 17.7. The molecule has 0 fully saturated rings. The van der Waals surface area contributed by atoms with Crippen molar-refractivity contribution in [2.24, 2.45) is 14.1 Å². The Balaban J connectivity index is 0.00000450. The van der Waals surface area contributed by atoms with Crippen LogP contribution < -0.4 is 5.32 Å². The van der Waals surface area contributed by atoms with E-state index in [1.54, 1.807) is 41.7 Å². The van der Waals surface area contributed by atoms with E-state index >= 15 is 0 Å². The number of imidazole rings is 1. The van der Waals surface area contributed by atoms with Gasteiger partial charge in [-0.05, 0) is 25.6 Å². The van der Waals surface area contributed by atoms with Crippen molar-refractivity contribution in [3.05, 3.63) is 48.2 Å². The summed E-state index contributed by atoms with van der Waals surface area (Å²) < 4.78 is 3.25. The van der Waals surface area contributed by atoms with Crippen molar-refractivity contribution in [1.29, 1.82) is 0 Å². The Labute approximate surface area is 201 Å². The summed E-state index contributed by atoms with van der Waals surface area (Å²) >= 11 is 0. The van der Waals surface area contributed by atoms with Crippen molar-refractivity contribution in [1.82, 2.24) is 19.4 Å². The molecule has 1 radical (unpaired) electrons. The van der Waals surface area contributed by atoms with Crippen molar-refractivity contribution in [3.63, 3.8) is 0 Å². The van der Waals surface area contributed by atoms with Crippen molar-refractivity contribution in [3.8, 4) is 0 Å². The standard InChI is InChI=1S/C21H27N4O4.Y/c1-14(26)5-7-22-8-6-18(28)9-16-10-19(24(3)12-16)20(29)11-17-13-25(4)21(23-17)15(2)27;/h10,12-13,22H,2,5-9,11H2,1,3-4H3;/q-1;. The van der Waals surface area contributed by atoms with E-state index in [1.807, 2.05) is 0 Å². The van der Waals surface area contributed by atoms with Crippen LogP contribution in [0, 0.1) is 6.92 Å². The van der Waals surface area contributed by atoms with Crippen LogP contribution in [0.3, 0.4) is 0 Å². The molecule has 0 saturated carbocycles. The SMILES string of the molecule is [CH2-]C(=O)c1nc(CC(=O)c2cc(CC(=O)CCNCCC(C)=O)cn2C)cn1C.[Y]. The molecule has 0 aliphatic carbocycles. The van der Waals surface area contributed by atoms with Gasteiger partial charge in [-0.15, -0.1) is 0 Å². The second kappa shape index (κ2) is 12.1. The Hall–Kier alpha value is -1.90. The Morgan fingerprint density at radius 1 is 1.03 bits per heavy atom. The number of aryl methyl sites for hydroxylation is 2. The van der Waals surface area contributed by atoms with Crippen LogP contribution in [0.1, 0.15) is 52.1 Å². The van der Waals surface area contributed by atoms with Crippen LogP contribution in [0.15, 0.2) is 18.5 Å². The predicted octanol–water partition coefficient (Wildman–Crippen LogP) is 1.27. The molecule has 0 aliphatic heterocycles. The fourth-order valence-electron chi connectivity index (χ4n) is 3.07. The number of Topliss-reactive ketones (excluding diaryl/α,β-unsaturated/α-hetero) is 4. The van der Waals surface area contributed by atoms with Gasteiger partial charge in [0, 0.05) is 96.0 Å². The van der Waals surface area contributed by atoms with Gasteiger partial charge in [-0.1, -0.05) is 0 Å². The summed E-state index contributed by atoms with van der Waals surface area (Å²) in [6.45, 7) is 5.97. The van der Waals surface area contributed by atoms with E-state index in [4.69, 9.17) is 0 Å². The van der Waals surface area contributed by atoms with E-state index in [-0.39, 0.29) is 68.7 Å². The molecule has 2 aromatic rings. The molecule has 0 spiro atoms. The summed E-state index contributed by atoms with van der Waals surface area (Å²) in [4.78, 5) is 51.2. The zero-order valence-corrected chi connectivity index (χ0v) is 20.6. The summed E-state index contributed by atoms with van der Waals surface area (Å²) in [5.41, 5.74) is 1.76. The molecule has 8 nitrogen and oxygen atoms in total. The van der Waals surface area contributed by atoms with Gasteiger partial charge in [0.1, 0.15) is 11.6 Å². The van der Waals surface area contributed by atoms with Gasteiger partial charge in [-0.25, -0.2) is 0 Å². The van der Waals surface area contributed by atoms with Gasteiger partial charge in [0.25, 0.3) is 0 Å². The normalized spacial score (nSPS) is 10.5. The molecule has 0 aliphatic rings. The Morgan fingerprint density at radius 3 is 2.30 bits per heavy atom. The molecule has 0 unspecified atom stereocenters. The molecule has 0 saturated heterocycles. The minimum absolute atomic E-state index is 0. The Bertz CT molecular complexity index is 930. The topological polar surface area (TPSA) is 103 Å². The summed E-state index contributed by atoms with van der Waals surface area (Å²) in [5, 5.41) is 3.07. The maximum absolute atomic E-state index is 12.6. The van der Waals surface area contributed by atoms with E-state index in [1.165, 1.54) is 6.92 Å². The first-order chi connectivity index (χ1) is 13.7. The monoisotopic (exact) mass is 488 g/mol. The van der Waals surface area contributed by atoms with Crippen molar-refractivity contribution in [2.75, 3.05) is 13.1 Å². The number of carbonyl (C=O) groups is 4. The molecule has 0 atom stereocenters. The van der Waals surface area contributed by atoms with E-state index in [0.717, 1.165) is 5.56 Å². The van der Waals surface area contributed by atoms with Crippen LogP contribution in [0.25, 0.3) is 0 Å². The first-order valence-corrected chi connectivity index (χ1v) is 9.46. The van der Waals surface area contributed by atoms with Crippen molar-refractivity contribution < 1.29 is 51.9 Å². The van der Waals surface area contributed by atoms with Gasteiger partial charge in [0.2, 0.25) is 0 Å². The van der Waals surface area contributed by atoms with E-state index in [9.17, 15) is 19.2 Å². The van der Waals surface area contributed by atoms with Crippen LogP contribution in [0.4, 0.5) is 0 Å². The number of carbonyl (C=O) groups excluding carboxylic acids is 4. The van der Waals surface area contributed by atoms with Gasteiger partial charge in [-0.3, -0.25) is 14.4 Å². The molecule has 30 heavy (non-hydrogen) atoms. The van der Waals surface area contributed by atoms with Crippen LogP contribution in [-0.4, -0.2) is 50.3 Å². The molecule has 2 heterocycles. The van der Waals surface area contributed by atoms with Crippen molar-refractivity contribution in [2.45, 2.75) is 32.6 Å². The third-order valence-electron chi connectivity index (χ3n) is 4.50.